The Morgan fingerprint density at radius 3 is 2.83 bits per heavy atom. The first kappa shape index (κ1) is 12.0. The van der Waals surface area contributed by atoms with Crippen LogP contribution in [0.4, 0.5) is 0 Å². The summed E-state index contributed by atoms with van der Waals surface area (Å²) < 4.78 is 5.29. The fourth-order valence-corrected chi connectivity index (χ4v) is 1.76. The lowest BCUT2D eigenvalue weighted by atomic mass is 10.1. The third kappa shape index (κ3) is 2.27. The number of guanidine groups is 1. The molecule has 0 aliphatic heterocycles. The molecule has 1 aromatic carbocycles. The van der Waals surface area contributed by atoms with E-state index in [0.717, 1.165) is 27.8 Å². The van der Waals surface area contributed by atoms with E-state index in [0.29, 0.717) is 0 Å². The Kier molecular flexibility index (Phi) is 3.18. The first-order chi connectivity index (χ1) is 8.61. The molecule has 6 heteroatoms. The van der Waals surface area contributed by atoms with E-state index in [4.69, 9.17) is 16.2 Å². The van der Waals surface area contributed by atoms with Crippen molar-refractivity contribution in [3.8, 4) is 5.75 Å². The Bertz CT molecular complexity index is 623. The lowest BCUT2D eigenvalue weighted by Gasteiger charge is -2.04. The summed E-state index contributed by atoms with van der Waals surface area (Å²) in [4.78, 5) is 3.16. The summed E-state index contributed by atoms with van der Waals surface area (Å²) >= 11 is 0. The fraction of sp³-hybridized carbons (Fsp3) is 0.167. The number of fused-ring (bicyclic) bond motifs is 1. The van der Waals surface area contributed by atoms with E-state index in [-0.39, 0.29) is 5.96 Å². The Morgan fingerprint density at radius 1 is 1.39 bits per heavy atom. The minimum absolute atomic E-state index is 0.0699. The van der Waals surface area contributed by atoms with Gasteiger partial charge in [-0.3, -0.25) is 0 Å². The van der Waals surface area contributed by atoms with Crippen LogP contribution in [0.2, 0.25) is 0 Å². The molecule has 0 amide bonds. The van der Waals surface area contributed by atoms with Crippen molar-refractivity contribution in [3.63, 3.8) is 0 Å². The molecule has 2 rings (SSSR count). The molecule has 0 aliphatic carbocycles. The van der Waals surface area contributed by atoms with Crippen LogP contribution in [-0.4, -0.2) is 24.3 Å². The molecular weight excluding hydrogens is 230 g/mol. The zero-order valence-electron chi connectivity index (χ0n) is 10.3. The largest absolute Gasteiger partial charge is 0.496 e. The van der Waals surface area contributed by atoms with Crippen molar-refractivity contribution in [1.29, 1.82) is 0 Å². The molecule has 0 saturated carbocycles. The highest BCUT2D eigenvalue weighted by atomic mass is 16.5. The van der Waals surface area contributed by atoms with Crippen molar-refractivity contribution in [2.24, 2.45) is 21.7 Å². The van der Waals surface area contributed by atoms with Crippen LogP contribution < -0.4 is 16.2 Å². The van der Waals surface area contributed by atoms with E-state index in [1.54, 1.807) is 13.3 Å². The van der Waals surface area contributed by atoms with Crippen molar-refractivity contribution in [2.75, 3.05) is 7.11 Å². The highest BCUT2D eigenvalue weighted by Gasteiger charge is 2.06. The first-order valence-electron chi connectivity index (χ1n) is 5.39. The second kappa shape index (κ2) is 4.79. The van der Waals surface area contributed by atoms with Gasteiger partial charge in [-0.05, 0) is 24.6 Å². The Balaban J connectivity index is 2.47. The maximum atomic E-state index is 5.29. The molecule has 1 aromatic heterocycles. The van der Waals surface area contributed by atoms with Gasteiger partial charge in [-0.25, -0.2) is 0 Å². The van der Waals surface area contributed by atoms with Crippen LogP contribution in [0.3, 0.4) is 0 Å². The molecule has 0 spiro atoms. The number of nitrogens with zero attached hydrogens (tertiary/aromatic N) is 2. The molecular formula is C12H15N5O. The molecule has 1 heterocycles. The Labute approximate surface area is 104 Å². The number of hydrogen-bond donors (Lipinski definition) is 3. The standard InChI is InChI=1S/C12H15N5O/c1-7-3-10-9(4-11(7)18-2)8(5-15-10)6-16-17-12(13)14/h3-6,15H,1-2H3,(H4,13,14,17)/b16-6+. The molecule has 0 unspecified atom stereocenters. The van der Waals surface area contributed by atoms with Gasteiger partial charge >= 0.3 is 0 Å². The number of aromatic amines is 1. The normalized spacial score (nSPS) is 11.0. The van der Waals surface area contributed by atoms with Crippen LogP contribution in [0.1, 0.15) is 11.1 Å². The van der Waals surface area contributed by atoms with Gasteiger partial charge in [0.25, 0.3) is 0 Å². The van der Waals surface area contributed by atoms with Crippen LogP contribution >= 0.6 is 0 Å². The average Bonchev–Trinajstić information content (AvgIpc) is 2.70. The van der Waals surface area contributed by atoms with E-state index in [1.807, 2.05) is 25.3 Å². The quantitative estimate of drug-likeness (QED) is 0.428. The molecule has 5 N–H and O–H groups in total. The summed E-state index contributed by atoms with van der Waals surface area (Å²) in [7, 11) is 1.65. The van der Waals surface area contributed by atoms with Crippen molar-refractivity contribution >= 4 is 23.1 Å². The molecule has 0 fully saturated rings. The van der Waals surface area contributed by atoms with Crippen LogP contribution in [0.5, 0.6) is 5.75 Å². The monoisotopic (exact) mass is 245 g/mol. The van der Waals surface area contributed by atoms with Gasteiger partial charge in [0.1, 0.15) is 5.75 Å². The lowest BCUT2D eigenvalue weighted by Crippen LogP contribution is -2.21. The predicted molar refractivity (Wildman–Crippen MR) is 73.0 cm³/mol. The topological polar surface area (TPSA) is 102 Å². The number of rotatable bonds is 3. The third-order valence-corrected chi connectivity index (χ3v) is 2.60. The summed E-state index contributed by atoms with van der Waals surface area (Å²) in [5.74, 6) is 0.762. The van der Waals surface area contributed by atoms with E-state index in [1.165, 1.54) is 0 Å². The summed E-state index contributed by atoms with van der Waals surface area (Å²) in [5, 5.41) is 8.36. The van der Waals surface area contributed by atoms with Crippen LogP contribution in [0.25, 0.3) is 10.9 Å². The second-order valence-electron chi connectivity index (χ2n) is 3.88. The molecule has 0 radical (unpaired) electrons. The number of methoxy groups -OCH3 is 1. The number of ether oxygens (including phenoxy) is 1. The van der Waals surface area contributed by atoms with E-state index in [9.17, 15) is 0 Å². The van der Waals surface area contributed by atoms with Crippen molar-refractivity contribution in [3.05, 3.63) is 29.5 Å². The number of aryl methyl sites for hydroxylation is 1. The zero-order chi connectivity index (χ0) is 13.1. The predicted octanol–water partition coefficient (Wildman–Crippen LogP) is 1.09. The number of H-pyrrole nitrogens is 1. The van der Waals surface area contributed by atoms with Gasteiger partial charge in [-0.2, -0.15) is 5.10 Å². The molecule has 0 atom stereocenters. The maximum absolute atomic E-state index is 5.29. The lowest BCUT2D eigenvalue weighted by molar-refractivity contribution is 0.412. The molecule has 0 bridgehead atoms. The maximum Gasteiger partial charge on any atom is 0.211 e. The summed E-state index contributed by atoms with van der Waals surface area (Å²) in [6, 6.07) is 3.98. The Morgan fingerprint density at radius 2 is 2.17 bits per heavy atom. The molecule has 18 heavy (non-hydrogen) atoms. The molecule has 94 valence electrons. The number of benzene rings is 1. The van der Waals surface area contributed by atoms with E-state index < -0.39 is 0 Å². The van der Waals surface area contributed by atoms with Crippen molar-refractivity contribution < 1.29 is 4.74 Å². The number of hydrogen-bond acceptors (Lipinski definition) is 3. The van der Waals surface area contributed by atoms with Crippen LogP contribution in [0, 0.1) is 6.92 Å². The molecule has 0 aliphatic rings. The average molecular weight is 245 g/mol. The van der Waals surface area contributed by atoms with Gasteiger partial charge in [0, 0.05) is 22.7 Å². The highest BCUT2D eigenvalue weighted by molar-refractivity contribution is 6.00. The molecule has 0 saturated heterocycles. The van der Waals surface area contributed by atoms with E-state index in [2.05, 4.69) is 15.2 Å². The highest BCUT2D eigenvalue weighted by Crippen LogP contribution is 2.26. The zero-order valence-corrected chi connectivity index (χ0v) is 10.3. The minimum Gasteiger partial charge on any atom is -0.496 e. The van der Waals surface area contributed by atoms with Crippen LogP contribution in [0.15, 0.2) is 28.5 Å². The van der Waals surface area contributed by atoms with Gasteiger partial charge in [0.05, 0.1) is 13.3 Å². The third-order valence-electron chi connectivity index (χ3n) is 2.60. The smallest absolute Gasteiger partial charge is 0.211 e. The fourth-order valence-electron chi connectivity index (χ4n) is 1.76. The minimum atomic E-state index is -0.0699. The van der Waals surface area contributed by atoms with Gasteiger partial charge in [0.15, 0.2) is 0 Å². The summed E-state index contributed by atoms with van der Waals surface area (Å²) in [5.41, 5.74) is 13.4. The van der Waals surface area contributed by atoms with E-state index >= 15 is 0 Å². The van der Waals surface area contributed by atoms with Gasteiger partial charge in [0.2, 0.25) is 5.96 Å². The SMILES string of the molecule is COc1cc2c(/C=N/N=C(N)N)c[nH]c2cc1C. The summed E-state index contributed by atoms with van der Waals surface area (Å²) in [6.45, 7) is 1.99. The second-order valence-corrected chi connectivity index (χ2v) is 3.88. The Hall–Kier alpha value is -2.50. The van der Waals surface area contributed by atoms with Gasteiger partial charge in [-0.15, -0.1) is 5.10 Å². The van der Waals surface area contributed by atoms with Gasteiger partial charge < -0.3 is 21.2 Å². The van der Waals surface area contributed by atoms with Crippen molar-refractivity contribution in [2.45, 2.75) is 6.92 Å². The van der Waals surface area contributed by atoms with Crippen LogP contribution in [-0.2, 0) is 0 Å². The molecule has 2 aromatic rings. The number of nitrogens with one attached hydrogen (secondary N) is 1. The number of aromatic nitrogens is 1. The van der Waals surface area contributed by atoms with Gasteiger partial charge in [-0.1, -0.05) is 0 Å². The first-order valence-corrected chi connectivity index (χ1v) is 5.39. The summed E-state index contributed by atoms with van der Waals surface area (Å²) in [6.07, 6.45) is 3.43. The van der Waals surface area contributed by atoms with Crippen molar-refractivity contribution in [1.82, 2.24) is 4.98 Å². The number of nitrogens with two attached hydrogens (primary N) is 2. The molecule has 6 nitrogen and oxygen atoms in total.